The summed E-state index contributed by atoms with van der Waals surface area (Å²) >= 11 is 5.91. The van der Waals surface area contributed by atoms with Crippen molar-refractivity contribution < 1.29 is 14.4 Å². The lowest BCUT2D eigenvalue weighted by Gasteiger charge is -2.13. The molecule has 0 aromatic carbocycles. The van der Waals surface area contributed by atoms with Gasteiger partial charge in [0.15, 0.2) is 0 Å². The second-order valence-electron chi connectivity index (χ2n) is 4.01. The molecule has 0 saturated carbocycles. The minimum absolute atomic E-state index is 0.109. The van der Waals surface area contributed by atoms with E-state index in [1.165, 1.54) is 6.08 Å². The predicted octanol–water partition coefficient (Wildman–Crippen LogP) is 1.68. The van der Waals surface area contributed by atoms with Crippen molar-refractivity contribution in [3.63, 3.8) is 0 Å². The van der Waals surface area contributed by atoms with E-state index in [2.05, 4.69) is 0 Å². The van der Waals surface area contributed by atoms with Crippen LogP contribution in [0.3, 0.4) is 0 Å². The number of barbiturate groups is 1. The molecule has 6 heteroatoms. The number of rotatable bonds is 2. The van der Waals surface area contributed by atoms with Crippen LogP contribution in [-0.2, 0) is 9.59 Å². The van der Waals surface area contributed by atoms with E-state index in [-0.39, 0.29) is 5.57 Å². The van der Waals surface area contributed by atoms with Crippen molar-refractivity contribution in [2.45, 2.75) is 12.8 Å². The van der Waals surface area contributed by atoms with E-state index in [9.17, 15) is 14.4 Å². The maximum absolute atomic E-state index is 11.4. The van der Waals surface area contributed by atoms with Crippen molar-refractivity contribution in [3.8, 4) is 0 Å². The van der Waals surface area contributed by atoms with Crippen LogP contribution in [-0.4, -0.2) is 17.8 Å². The van der Waals surface area contributed by atoms with Crippen molar-refractivity contribution >= 4 is 29.4 Å². The quantitative estimate of drug-likeness (QED) is 0.596. The Bertz CT molecular complexity index is 548. The van der Waals surface area contributed by atoms with Gasteiger partial charge in [0.25, 0.3) is 11.8 Å². The molecule has 1 heterocycles. The van der Waals surface area contributed by atoms with Gasteiger partial charge in [-0.25, -0.2) is 4.79 Å². The third kappa shape index (κ3) is 3.42. The van der Waals surface area contributed by atoms with Crippen LogP contribution in [0, 0.1) is 0 Å². The fourth-order valence-corrected chi connectivity index (χ4v) is 1.92. The van der Waals surface area contributed by atoms with E-state index in [4.69, 9.17) is 11.6 Å². The highest BCUT2D eigenvalue weighted by atomic mass is 35.5. The van der Waals surface area contributed by atoms with Crippen LogP contribution >= 0.6 is 11.6 Å². The van der Waals surface area contributed by atoms with Gasteiger partial charge >= 0.3 is 6.03 Å². The summed E-state index contributed by atoms with van der Waals surface area (Å²) < 4.78 is 0. The molecule has 19 heavy (non-hydrogen) atoms. The monoisotopic (exact) mass is 278 g/mol. The van der Waals surface area contributed by atoms with Crippen molar-refractivity contribution in [1.29, 1.82) is 0 Å². The van der Waals surface area contributed by atoms with Gasteiger partial charge in [-0.1, -0.05) is 29.8 Å². The predicted molar refractivity (Wildman–Crippen MR) is 70.2 cm³/mol. The average molecular weight is 279 g/mol. The normalized spacial score (nSPS) is 19.8. The molecule has 1 fully saturated rings. The lowest BCUT2D eigenvalue weighted by atomic mass is 10.1. The molecule has 0 bridgehead atoms. The summed E-state index contributed by atoms with van der Waals surface area (Å²) in [6.07, 6.45) is 10.2. The molecule has 2 N–H and O–H groups in total. The van der Waals surface area contributed by atoms with Crippen LogP contribution in [0.4, 0.5) is 4.79 Å². The topological polar surface area (TPSA) is 75.3 Å². The van der Waals surface area contributed by atoms with Gasteiger partial charge in [-0.3, -0.25) is 20.2 Å². The van der Waals surface area contributed by atoms with Gasteiger partial charge in [0, 0.05) is 5.03 Å². The third-order valence-electron chi connectivity index (χ3n) is 2.58. The fraction of sp³-hybridized carbons (Fsp3) is 0.154. The number of carbonyl (C=O) groups excluding carboxylic acids is 3. The number of carbonyl (C=O) groups is 3. The van der Waals surface area contributed by atoms with Gasteiger partial charge in [-0.05, 0) is 30.6 Å². The van der Waals surface area contributed by atoms with Gasteiger partial charge in [-0.15, -0.1) is 0 Å². The Kier molecular flexibility index (Phi) is 3.97. The Morgan fingerprint density at radius 1 is 1.16 bits per heavy atom. The van der Waals surface area contributed by atoms with Crippen LogP contribution in [0.2, 0.25) is 0 Å². The Morgan fingerprint density at radius 2 is 1.84 bits per heavy atom. The molecule has 4 amide bonds. The summed E-state index contributed by atoms with van der Waals surface area (Å²) in [4.78, 5) is 33.7. The summed E-state index contributed by atoms with van der Waals surface area (Å²) in [6.45, 7) is 0. The molecule has 0 unspecified atom stereocenters. The molecular formula is C13H11ClN2O3. The molecule has 0 spiro atoms. The average Bonchev–Trinajstić information content (AvgIpc) is 2.32. The van der Waals surface area contributed by atoms with Crippen molar-refractivity contribution in [3.05, 3.63) is 46.6 Å². The van der Waals surface area contributed by atoms with Gasteiger partial charge in [-0.2, -0.15) is 0 Å². The second kappa shape index (κ2) is 5.67. The van der Waals surface area contributed by atoms with Gasteiger partial charge in [0.05, 0.1) is 0 Å². The Morgan fingerprint density at radius 3 is 2.47 bits per heavy atom. The highest BCUT2D eigenvalue weighted by molar-refractivity contribution is 6.30. The molecule has 1 aliphatic carbocycles. The highest BCUT2D eigenvalue weighted by Gasteiger charge is 2.26. The van der Waals surface area contributed by atoms with Crippen LogP contribution in [0.15, 0.2) is 46.6 Å². The first-order valence-electron chi connectivity index (χ1n) is 5.67. The largest absolute Gasteiger partial charge is 0.328 e. The second-order valence-corrected chi connectivity index (χ2v) is 4.50. The molecule has 0 aromatic rings. The maximum Gasteiger partial charge on any atom is 0.328 e. The minimum Gasteiger partial charge on any atom is -0.273 e. The number of amides is 4. The Balaban J connectivity index is 2.10. The summed E-state index contributed by atoms with van der Waals surface area (Å²) in [5.41, 5.74) is 0.808. The first kappa shape index (κ1) is 13.3. The summed E-state index contributed by atoms with van der Waals surface area (Å²) in [6, 6.07) is -0.805. The number of halogens is 1. The number of hydrogen-bond acceptors (Lipinski definition) is 3. The smallest absolute Gasteiger partial charge is 0.273 e. The van der Waals surface area contributed by atoms with E-state index in [0.717, 1.165) is 23.4 Å². The van der Waals surface area contributed by atoms with Crippen LogP contribution < -0.4 is 10.6 Å². The number of imide groups is 2. The van der Waals surface area contributed by atoms with E-state index < -0.39 is 17.8 Å². The third-order valence-corrected chi connectivity index (χ3v) is 2.88. The number of allylic oxidation sites excluding steroid dienone is 7. The van der Waals surface area contributed by atoms with Gasteiger partial charge in [0.1, 0.15) is 5.57 Å². The van der Waals surface area contributed by atoms with Gasteiger partial charge in [0.2, 0.25) is 0 Å². The number of hydrogen-bond donors (Lipinski definition) is 2. The van der Waals surface area contributed by atoms with E-state index in [0.29, 0.717) is 0 Å². The number of nitrogens with one attached hydrogen (secondary N) is 2. The van der Waals surface area contributed by atoms with E-state index >= 15 is 0 Å². The lowest BCUT2D eigenvalue weighted by Crippen LogP contribution is -2.51. The van der Waals surface area contributed by atoms with Crippen LogP contribution in [0.5, 0.6) is 0 Å². The Labute approximate surface area is 114 Å². The molecule has 2 aliphatic rings. The molecule has 98 valence electrons. The molecule has 0 aromatic heterocycles. The summed E-state index contributed by atoms with van der Waals surface area (Å²) in [7, 11) is 0. The van der Waals surface area contributed by atoms with E-state index in [1.807, 2.05) is 22.8 Å². The fourth-order valence-electron chi connectivity index (χ4n) is 1.69. The zero-order valence-corrected chi connectivity index (χ0v) is 10.7. The van der Waals surface area contributed by atoms with Crippen molar-refractivity contribution in [2.75, 3.05) is 0 Å². The SMILES string of the molecule is O=C1NC(=O)C(=C/C=C/C2=CCCC(Cl)=C2)C(=O)N1. The zero-order chi connectivity index (χ0) is 13.8. The molecule has 0 atom stereocenters. The zero-order valence-electron chi connectivity index (χ0n) is 9.90. The first-order chi connectivity index (χ1) is 9.06. The number of urea groups is 1. The minimum atomic E-state index is -0.805. The molecule has 1 saturated heterocycles. The maximum atomic E-state index is 11.4. The molecular weight excluding hydrogens is 268 g/mol. The van der Waals surface area contributed by atoms with Crippen LogP contribution in [0.25, 0.3) is 0 Å². The van der Waals surface area contributed by atoms with E-state index in [1.54, 1.807) is 12.2 Å². The lowest BCUT2D eigenvalue weighted by molar-refractivity contribution is -0.124. The summed E-state index contributed by atoms with van der Waals surface area (Å²) in [5.74, 6) is -1.41. The Hall–Kier alpha value is -2.14. The van der Waals surface area contributed by atoms with Crippen LogP contribution in [0.1, 0.15) is 12.8 Å². The highest BCUT2D eigenvalue weighted by Crippen LogP contribution is 2.20. The first-order valence-corrected chi connectivity index (χ1v) is 6.05. The van der Waals surface area contributed by atoms with Gasteiger partial charge < -0.3 is 0 Å². The summed E-state index contributed by atoms with van der Waals surface area (Å²) in [5, 5.41) is 4.76. The molecule has 0 radical (unpaired) electrons. The van der Waals surface area contributed by atoms with Crippen molar-refractivity contribution in [1.82, 2.24) is 10.6 Å². The molecule has 5 nitrogen and oxygen atoms in total. The molecule has 1 aliphatic heterocycles. The van der Waals surface area contributed by atoms with Crippen molar-refractivity contribution in [2.24, 2.45) is 0 Å². The molecule has 2 rings (SSSR count). The standard InChI is InChI=1S/C13H11ClN2O3/c14-9-5-1-3-8(7-9)4-2-6-10-11(17)15-13(19)16-12(10)18/h2-4,6-7H,1,5H2,(H2,15,16,17,18,19)/b4-2+.